The number of carbonyl (C=O) groups is 1. The second kappa shape index (κ2) is 7.31. The minimum atomic E-state index is -0.350. The van der Waals surface area contributed by atoms with Crippen molar-refractivity contribution < 1.29 is 9.18 Å². The molecule has 1 N–H and O–H groups in total. The van der Waals surface area contributed by atoms with Crippen LogP contribution in [0.2, 0.25) is 0 Å². The lowest BCUT2D eigenvalue weighted by atomic mass is 10.0. The number of rotatable bonds is 3. The summed E-state index contributed by atoms with van der Waals surface area (Å²) in [5, 5.41) is 4.08. The second-order valence-electron chi connectivity index (χ2n) is 6.94. The maximum Gasteiger partial charge on any atom is 0.253 e. The van der Waals surface area contributed by atoms with Gasteiger partial charge in [-0.05, 0) is 44.0 Å². The van der Waals surface area contributed by atoms with Crippen molar-refractivity contribution in [2.75, 3.05) is 18.4 Å². The molecule has 0 unspecified atom stereocenters. The Bertz CT molecular complexity index is 966. The third-order valence-corrected chi connectivity index (χ3v) is 5.04. The lowest BCUT2D eigenvalue weighted by molar-refractivity contribution is 0.0718. The number of para-hydroxylation sites is 1. The van der Waals surface area contributed by atoms with Crippen molar-refractivity contribution in [2.45, 2.75) is 25.8 Å². The smallest absolute Gasteiger partial charge is 0.253 e. The summed E-state index contributed by atoms with van der Waals surface area (Å²) in [5.41, 5.74) is 2.19. The van der Waals surface area contributed by atoms with Crippen LogP contribution >= 0.6 is 0 Å². The van der Waals surface area contributed by atoms with Gasteiger partial charge in [-0.3, -0.25) is 4.79 Å². The molecule has 27 heavy (non-hydrogen) atoms. The Morgan fingerprint density at radius 2 is 1.85 bits per heavy atom. The molecular weight excluding hydrogens is 343 g/mol. The summed E-state index contributed by atoms with van der Waals surface area (Å²) in [6, 6.07) is 12.7. The molecule has 2 aromatic carbocycles. The average Bonchev–Trinajstić information content (AvgIpc) is 2.69. The number of anilines is 1. The molecule has 1 aromatic heterocycles. The van der Waals surface area contributed by atoms with Gasteiger partial charge in [0.25, 0.3) is 5.91 Å². The Kier molecular flexibility index (Phi) is 4.71. The van der Waals surface area contributed by atoms with Gasteiger partial charge in [-0.25, -0.2) is 14.4 Å². The summed E-state index contributed by atoms with van der Waals surface area (Å²) in [4.78, 5) is 22.8. The quantitative estimate of drug-likeness (QED) is 0.768. The predicted octanol–water partition coefficient (Wildman–Crippen LogP) is 3.79. The van der Waals surface area contributed by atoms with Crippen LogP contribution in [0.25, 0.3) is 10.9 Å². The summed E-state index contributed by atoms with van der Waals surface area (Å²) in [6.45, 7) is 3.37. The predicted molar refractivity (Wildman–Crippen MR) is 103 cm³/mol. The van der Waals surface area contributed by atoms with E-state index in [9.17, 15) is 9.18 Å². The van der Waals surface area contributed by atoms with E-state index >= 15 is 0 Å². The van der Waals surface area contributed by atoms with Gasteiger partial charge in [-0.2, -0.15) is 0 Å². The summed E-state index contributed by atoms with van der Waals surface area (Å²) >= 11 is 0. The lowest BCUT2D eigenvalue weighted by Gasteiger charge is -2.33. The highest BCUT2D eigenvalue weighted by molar-refractivity contribution is 5.94. The van der Waals surface area contributed by atoms with Gasteiger partial charge in [0, 0.05) is 30.1 Å². The molecule has 0 aliphatic carbocycles. The molecule has 1 amide bonds. The number of hydrogen-bond acceptors (Lipinski definition) is 4. The Hall–Kier alpha value is -3.02. The van der Waals surface area contributed by atoms with Crippen molar-refractivity contribution in [3.05, 3.63) is 65.7 Å². The average molecular weight is 364 g/mol. The van der Waals surface area contributed by atoms with Crippen LogP contribution in [-0.2, 0) is 0 Å². The summed E-state index contributed by atoms with van der Waals surface area (Å²) < 4.78 is 13.9. The SMILES string of the molecule is Cc1ccc(C(=O)N2CCC(Nc3ncnc4c(F)cccc34)CC2)cc1. The lowest BCUT2D eigenvalue weighted by Crippen LogP contribution is -2.42. The van der Waals surface area contributed by atoms with E-state index in [-0.39, 0.29) is 17.8 Å². The molecule has 1 saturated heterocycles. The largest absolute Gasteiger partial charge is 0.367 e. The van der Waals surface area contributed by atoms with Crippen molar-refractivity contribution in [3.8, 4) is 0 Å². The number of halogens is 1. The molecular formula is C21H21FN4O. The van der Waals surface area contributed by atoms with Crippen LogP contribution in [0.5, 0.6) is 0 Å². The van der Waals surface area contributed by atoms with Crippen LogP contribution in [-0.4, -0.2) is 39.9 Å². The van der Waals surface area contributed by atoms with Crippen LogP contribution in [0.1, 0.15) is 28.8 Å². The van der Waals surface area contributed by atoms with Crippen LogP contribution in [0.15, 0.2) is 48.8 Å². The van der Waals surface area contributed by atoms with Gasteiger partial charge in [-0.1, -0.05) is 23.8 Å². The molecule has 1 fully saturated rings. The zero-order valence-corrected chi connectivity index (χ0v) is 15.2. The molecule has 4 rings (SSSR count). The first-order valence-electron chi connectivity index (χ1n) is 9.13. The van der Waals surface area contributed by atoms with E-state index < -0.39 is 0 Å². The molecule has 2 heterocycles. The molecule has 3 aromatic rings. The van der Waals surface area contributed by atoms with Crippen LogP contribution in [0.3, 0.4) is 0 Å². The monoisotopic (exact) mass is 364 g/mol. The fraction of sp³-hybridized carbons (Fsp3) is 0.286. The molecule has 5 nitrogen and oxygen atoms in total. The number of aryl methyl sites for hydroxylation is 1. The van der Waals surface area contributed by atoms with Crippen molar-refractivity contribution in [1.82, 2.24) is 14.9 Å². The third kappa shape index (κ3) is 3.60. The van der Waals surface area contributed by atoms with E-state index in [1.165, 1.54) is 12.4 Å². The van der Waals surface area contributed by atoms with E-state index in [2.05, 4.69) is 15.3 Å². The minimum absolute atomic E-state index is 0.0722. The van der Waals surface area contributed by atoms with Gasteiger partial charge in [0.15, 0.2) is 0 Å². The molecule has 0 spiro atoms. The number of nitrogens with one attached hydrogen (secondary N) is 1. The van der Waals surface area contributed by atoms with Crippen LogP contribution in [0, 0.1) is 12.7 Å². The number of benzene rings is 2. The maximum atomic E-state index is 13.9. The molecule has 1 aliphatic rings. The molecule has 0 bridgehead atoms. The topological polar surface area (TPSA) is 58.1 Å². The fourth-order valence-corrected chi connectivity index (χ4v) is 3.47. The van der Waals surface area contributed by atoms with E-state index in [0.29, 0.717) is 29.8 Å². The van der Waals surface area contributed by atoms with Crippen molar-refractivity contribution in [2.24, 2.45) is 0 Å². The Morgan fingerprint density at radius 1 is 1.11 bits per heavy atom. The van der Waals surface area contributed by atoms with E-state index in [1.807, 2.05) is 42.2 Å². The van der Waals surface area contributed by atoms with Gasteiger partial charge < -0.3 is 10.2 Å². The molecule has 0 saturated carbocycles. The molecule has 0 atom stereocenters. The number of amides is 1. The number of likely N-dealkylation sites (tertiary alicyclic amines) is 1. The normalized spacial score (nSPS) is 15.1. The van der Waals surface area contributed by atoms with Gasteiger partial charge >= 0.3 is 0 Å². The van der Waals surface area contributed by atoms with Crippen molar-refractivity contribution in [3.63, 3.8) is 0 Å². The first kappa shape index (κ1) is 17.4. The Labute approximate surface area is 157 Å². The molecule has 0 radical (unpaired) electrons. The summed E-state index contributed by atoms with van der Waals surface area (Å²) in [6.07, 6.45) is 3.01. The highest BCUT2D eigenvalue weighted by Gasteiger charge is 2.24. The number of aromatic nitrogens is 2. The standard InChI is InChI=1S/C21H21FN4O/c1-14-5-7-15(8-6-14)21(27)26-11-9-16(10-12-26)25-20-17-3-2-4-18(22)19(17)23-13-24-20/h2-8,13,16H,9-12H2,1H3,(H,23,24,25). The maximum absolute atomic E-state index is 13.9. The van der Waals surface area contributed by atoms with Crippen molar-refractivity contribution in [1.29, 1.82) is 0 Å². The van der Waals surface area contributed by atoms with Crippen LogP contribution < -0.4 is 5.32 Å². The van der Waals surface area contributed by atoms with Gasteiger partial charge in [0.05, 0.1) is 0 Å². The summed E-state index contributed by atoms with van der Waals surface area (Å²) in [7, 11) is 0. The number of piperidine rings is 1. The Balaban J connectivity index is 1.42. The first-order valence-corrected chi connectivity index (χ1v) is 9.13. The highest BCUT2D eigenvalue weighted by Crippen LogP contribution is 2.24. The minimum Gasteiger partial charge on any atom is -0.367 e. The fourth-order valence-electron chi connectivity index (χ4n) is 3.47. The zero-order valence-electron chi connectivity index (χ0n) is 15.2. The number of nitrogens with zero attached hydrogens (tertiary/aromatic N) is 3. The summed E-state index contributed by atoms with van der Waals surface area (Å²) in [5.74, 6) is 0.363. The van der Waals surface area contributed by atoms with E-state index in [0.717, 1.165) is 24.0 Å². The van der Waals surface area contributed by atoms with Gasteiger partial charge in [-0.15, -0.1) is 0 Å². The van der Waals surface area contributed by atoms with E-state index in [1.54, 1.807) is 6.07 Å². The zero-order chi connectivity index (χ0) is 18.8. The number of hydrogen-bond donors (Lipinski definition) is 1. The van der Waals surface area contributed by atoms with Gasteiger partial charge in [0.1, 0.15) is 23.5 Å². The van der Waals surface area contributed by atoms with Gasteiger partial charge in [0.2, 0.25) is 0 Å². The Morgan fingerprint density at radius 3 is 2.59 bits per heavy atom. The highest BCUT2D eigenvalue weighted by atomic mass is 19.1. The van der Waals surface area contributed by atoms with Crippen LogP contribution in [0.4, 0.5) is 10.2 Å². The number of fused-ring (bicyclic) bond motifs is 1. The second-order valence-corrected chi connectivity index (χ2v) is 6.94. The third-order valence-electron chi connectivity index (χ3n) is 5.04. The molecule has 1 aliphatic heterocycles. The molecule has 138 valence electrons. The molecule has 6 heteroatoms. The first-order chi connectivity index (χ1) is 13.1. The van der Waals surface area contributed by atoms with E-state index in [4.69, 9.17) is 0 Å². The van der Waals surface area contributed by atoms with Crippen molar-refractivity contribution >= 4 is 22.6 Å². The number of carbonyl (C=O) groups excluding carboxylic acids is 1.